The predicted molar refractivity (Wildman–Crippen MR) is 293 cm³/mol. The monoisotopic (exact) mass is 1100 g/mol. The van der Waals surface area contributed by atoms with E-state index in [-0.39, 0.29) is 132 Å². The summed E-state index contributed by atoms with van der Waals surface area (Å²) in [6, 6.07) is 12.1. The van der Waals surface area contributed by atoms with Gasteiger partial charge in [-0.2, -0.15) is 5.10 Å². The number of ether oxygens (including phenoxy) is 5. The van der Waals surface area contributed by atoms with Crippen molar-refractivity contribution in [3.8, 4) is 5.75 Å². The fraction of sp³-hybridized carbons (Fsp3) is 0.571. The van der Waals surface area contributed by atoms with Gasteiger partial charge in [-0.1, -0.05) is 58.0 Å². The SMILES string of the molecule is CC[C@@H](NC(=O)[C@@H]1C[C@H](NC(=O)CCOCCOCCOCCOCCC(=O)NCCN2C[C@H](C)Oc3ccc(F)cc3C(C)Nc3ccn4ncc(c4n3)C2=O)CN1C(=O)[C@@H](NC(=O)[C@H](C)NC)C(C)(C)C)c1ccccc1. The molecule has 2 aromatic heterocycles. The van der Waals surface area contributed by atoms with Gasteiger partial charge >= 0.3 is 0 Å². The molecular weight excluding hydrogens is 1020 g/mol. The third-order valence-electron chi connectivity index (χ3n) is 13.7. The van der Waals surface area contributed by atoms with Crippen LogP contribution in [0.5, 0.6) is 5.75 Å². The predicted octanol–water partition coefficient (Wildman–Crippen LogP) is 3.72. The molecule has 7 atom stereocenters. The van der Waals surface area contributed by atoms with Gasteiger partial charge in [-0.15, -0.1) is 0 Å². The molecule has 0 radical (unpaired) electrons. The fourth-order valence-electron chi connectivity index (χ4n) is 9.21. The number of benzene rings is 2. The molecular formula is C56H80FN11O11. The maximum absolute atomic E-state index is 14.4. The number of nitrogens with zero attached hydrogens (tertiary/aromatic N) is 5. The number of halogens is 1. The molecule has 0 spiro atoms. The van der Waals surface area contributed by atoms with E-state index < -0.39 is 47.4 Å². The Hall–Kier alpha value is -6.79. The highest BCUT2D eigenvalue weighted by atomic mass is 19.1. The summed E-state index contributed by atoms with van der Waals surface area (Å²) in [6.45, 7) is 15.5. The van der Waals surface area contributed by atoms with Gasteiger partial charge in [0, 0.05) is 50.3 Å². The van der Waals surface area contributed by atoms with Crippen molar-refractivity contribution in [1.82, 2.24) is 51.0 Å². The molecule has 432 valence electrons. The molecule has 2 aromatic carbocycles. The first-order chi connectivity index (χ1) is 37.9. The summed E-state index contributed by atoms with van der Waals surface area (Å²) in [6.07, 6.45) is 3.64. The molecule has 1 unspecified atom stereocenters. The van der Waals surface area contributed by atoms with Crippen LogP contribution in [0.2, 0.25) is 0 Å². The zero-order chi connectivity index (χ0) is 57.1. The normalized spacial score (nSPS) is 18.7. The second-order valence-electron chi connectivity index (χ2n) is 20.9. The van der Waals surface area contributed by atoms with Gasteiger partial charge in [0.15, 0.2) is 5.65 Å². The number of nitrogens with one attached hydrogen (secondary N) is 6. The first kappa shape index (κ1) is 61.4. The Labute approximate surface area is 461 Å². The largest absolute Gasteiger partial charge is 0.489 e. The molecule has 4 heterocycles. The molecule has 4 aromatic rings. The Morgan fingerprint density at radius 3 is 2.18 bits per heavy atom. The molecule has 0 saturated carbocycles. The lowest BCUT2D eigenvalue weighted by atomic mass is 9.85. The van der Waals surface area contributed by atoms with Crippen LogP contribution in [0.25, 0.3) is 5.65 Å². The lowest BCUT2D eigenvalue weighted by molar-refractivity contribution is -0.144. The number of anilines is 1. The van der Waals surface area contributed by atoms with E-state index in [0.29, 0.717) is 42.4 Å². The standard InChI is InChI=1S/C56H80FN11O11/c1-9-44(39-13-11-10-12-14-39)63-53(72)45-32-41(35-67(45)55(74)50(56(5,6)7)65-52(71)38(4)58-8)62-49(70)19-24-76-26-28-78-30-29-77-27-25-75-23-18-48(69)59-20-22-66-34-36(2)79-46-16-15-40(57)31-42(46)37(3)61-47-17-21-68-51(64-47)43(33-60-68)54(66)73/h10-17,21,31,33,36-38,41,44-45,50,58H,9,18-20,22-30,32,34-35H2,1-8H3,(H,59,69)(H,61,64)(H,62,70)(H,63,72)(H,65,71)/t36-,37?,38-,41-,44+,45-,50+/m0/s1. The number of aromatic nitrogens is 3. The van der Waals surface area contributed by atoms with Gasteiger partial charge in [0.25, 0.3) is 5.91 Å². The number of hydrogen-bond acceptors (Lipinski definition) is 15. The lowest BCUT2D eigenvalue weighted by Crippen LogP contribution is -2.59. The van der Waals surface area contributed by atoms with Crippen molar-refractivity contribution in [2.45, 2.75) is 117 Å². The third kappa shape index (κ3) is 18.1. The van der Waals surface area contributed by atoms with Crippen LogP contribution in [0.15, 0.2) is 67.0 Å². The molecule has 6 rings (SSSR count). The topological polar surface area (TPSA) is 257 Å². The Morgan fingerprint density at radius 1 is 0.873 bits per heavy atom. The van der Waals surface area contributed by atoms with E-state index >= 15 is 0 Å². The Morgan fingerprint density at radius 2 is 1.53 bits per heavy atom. The average Bonchev–Trinajstić information content (AvgIpc) is 4.11. The number of likely N-dealkylation sites (N-methyl/N-ethyl adjacent to an activating group) is 1. The molecule has 2 aliphatic heterocycles. The van der Waals surface area contributed by atoms with Gasteiger partial charge in [-0.3, -0.25) is 28.8 Å². The molecule has 23 heteroatoms. The minimum atomic E-state index is -0.933. The number of carbonyl (C=O) groups excluding carboxylic acids is 6. The number of amides is 6. The van der Waals surface area contributed by atoms with E-state index in [0.717, 1.165) is 5.56 Å². The molecule has 1 fully saturated rings. The van der Waals surface area contributed by atoms with Crippen molar-refractivity contribution in [2.24, 2.45) is 5.41 Å². The van der Waals surface area contributed by atoms with Crippen LogP contribution in [0.4, 0.5) is 10.2 Å². The van der Waals surface area contributed by atoms with Crippen LogP contribution in [0.1, 0.15) is 108 Å². The highest BCUT2D eigenvalue weighted by Gasteiger charge is 2.46. The van der Waals surface area contributed by atoms with Crippen molar-refractivity contribution in [3.63, 3.8) is 0 Å². The molecule has 6 N–H and O–H groups in total. The minimum Gasteiger partial charge on any atom is -0.489 e. The fourth-order valence-corrected chi connectivity index (χ4v) is 9.21. The second kappa shape index (κ2) is 30.0. The molecule has 6 amide bonds. The van der Waals surface area contributed by atoms with E-state index in [2.05, 4.69) is 42.0 Å². The average molecular weight is 1100 g/mol. The maximum Gasteiger partial charge on any atom is 0.259 e. The van der Waals surface area contributed by atoms with Crippen LogP contribution in [0, 0.1) is 11.2 Å². The van der Waals surface area contributed by atoms with Gasteiger partial charge in [-0.05, 0) is 75.9 Å². The summed E-state index contributed by atoms with van der Waals surface area (Å²) in [5, 5.41) is 22.3. The van der Waals surface area contributed by atoms with Crippen LogP contribution in [0.3, 0.4) is 0 Å². The summed E-state index contributed by atoms with van der Waals surface area (Å²) >= 11 is 0. The van der Waals surface area contributed by atoms with Gasteiger partial charge < -0.3 is 65.4 Å². The summed E-state index contributed by atoms with van der Waals surface area (Å²) in [4.78, 5) is 88.9. The number of rotatable bonds is 27. The summed E-state index contributed by atoms with van der Waals surface area (Å²) in [5.41, 5.74) is 1.49. The molecule has 1 saturated heterocycles. The van der Waals surface area contributed by atoms with Crippen molar-refractivity contribution >= 4 is 46.9 Å². The zero-order valence-electron chi connectivity index (χ0n) is 46.8. The lowest BCUT2D eigenvalue weighted by Gasteiger charge is -2.36. The first-order valence-corrected chi connectivity index (χ1v) is 27.2. The zero-order valence-corrected chi connectivity index (χ0v) is 46.8. The maximum atomic E-state index is 14.4. The number of carbonyl (C=O) groups is 6. The van der Waals surface area contributed by atoms with Gasteiger partial charge in [0.2, 0.25) is 29.5 Å². The van der Waals surface area contributed by atoms with Crippen LogP contribution in [-0.4, -0.2) is 176 Å². The van der Waals surface area contributed by atoms with Crippen molar-refractivity contribution in [2.75, 3.05) is 91.4 Å². The summed E-state index contributed by atoms with van der Waals surface area (Å²) in [7, 11) is 1.66. The van der Waals surface area contributed by atoms with Crippen LogP contribution >= 0.6 is 0 Å². The summed E-state index contributed by atoms with van der Waals surface area (Å²) in [5.74, 6) is -1.41. The minimum absolute atomic E-state index is 0.0541. The Bertz CT molecular complexity index is 2650. The second-order valence-corrected chi connectivity index (χ2v) is 20.9. The number of fused-ring (bicyclic) bond motifs is 2. The van der Waals surface area contributed by atoms with Gasteiger partial charge in [-0.25, -0.2) is 13.9 Å². The molecule has 79 heavy (non-hydrogen) atoms. The third-order valence-corrected chi connectivity index (χ3v) is 13.7. The van der Waals surface area contributed by atoms with Crippen molar-refractivity contribution in [3.05, 3.63) is 89.5 Å². The highest BCUT2D eigenvalue weighted by Crippen LogP contribution is 2.31. The first-order valence-electron chi connectivity index (χ1n) is 27.2. The number of hydrogen-bond donors (Lipinski definition) is 6. The van der Waals surface area contributed by atoms with E-state index in [1.165, 1.54) is 27.7 Å². The van der Waals surface area contributed by atoms with Crippen LogP contribution in [-0.2, 0) is 42.9 Å². The quantitative estimate of drug-likeness (QED) is 0.0466. The van der Waals surface area contributed by atoms with E-state index in [4.69, 9.17) is 23.7 Å². The molecule has 0 aliphatic carbocycles. The smallest absolute Gasteiger partial charge is 0.259 e. The molecule has 2 aliphatic rings. The Kier molecular flexibility index (Phi) is 23.3. The van der Waals surface area contributed by atoms with E-state index in [9.17, 15) is 33.2 Å². The molecule has 2 bridgehead atoms. The van der Waals surface area contributed by atoms with E-state index in [1.54, 1.807) is 37.2 Å². The van der Waals surface area contributed by atoms with Gasteiger partial charge in [0.1, 0.15) is 41.1 Å². The Balaban J connectivity index is 0.843. The van der Waals surface area contributed by atoms with Gasteiger partial charge in [0.05, 0.1) is 83.7 Å². The number of likely N-dealkylation sites (tertiary alicyclic amines) is 1. The van der Waals surface area contributed by atoms with Crippen molar-refractivity contribution < 1.29 is 56.8 Å². The van der Waals surface area contributed by atoms with E-state index in [1.807, 2.05) is 71.9 Å². The van der Waals surface area contributed by atoms with Crippen molar-refractivity contribution in [1.29, 1.82) is 0 Å². The highest BCUT2D eigenvalue weighted by molar-refractivity contribution is 6.00. The summed E-state index contributed by atoms with van der Waals surface area (Å²) < 4.78 is 44.6. The van der Waals surface area contributed by atoms with Crippen LogP contribution < -0.4 is 36.6 Å². The molecule has 22 nitrogen and oxygen atoms in total.